The molecule has 2 aromatic heterocycles. The minimum atomic E-state index is -0.0918. The second kappa shape index (κ2) is 8.10. The summed E-state index contributed by atoms with van der Waals surface area (Å²) in [6, 6.07) is 11.5. The number of hydrogen-bond donors (Lipinski definition) is 1. The van der Waals surface area contributed by atoms with Crippen molar-refractivity contribution in [2.75, 3.05) is 6.54 Å². The third-order valence-corrected chi connectivity index (χ3v) is 5.43. The Kier molecular flexibility index (Phi) is 5.00. The van der Waals surface area contributed by atoms with Gasteiger partial charge in [0.05, 0.1) is 11.7 Å². The molecule has 3 aromatic rings. The number of benzene rings is 1. The van der Waals surface area contributed by atoms with Gasteiger partial charge in [0.2, 0.25) is 0 Å². The van der Waals surface area contributed by atoms with Crippen LogP contribution in [0.1, 0.15) is 23.1 Å². The highest BCUT2D eigenvalue weighted by molar-refractivity contribution is 5.95. The molecule has 2 unspecified atom stereocenters. The average Bonchev–Trinajstić information content (AvgIpc) is 3.21. The molecule has 0 saturated carbocycles. The molecule has 2 atom stereocenters. The summed E-state index contributed by atoms with van der Waals surface area (Å²) in [5.41, 5.74) is 4.11. The van der Waals surface area contributed by atoms with Crippen LogP contribution in [0.3, 0.4) is 0 Å². The van der Waals surface area contributed by atoms with Crippen molar-refractivity contribution in [3.05, 3.63) is 83.7 Å². The van der Waals surface area contributed by atoms with Crippen LogP contribution in [0.25, 0.3) is 16.9 Å². The Morgan fingerprint density at radius 1 is 1.16 bits per heavy atom. The first-order valence-electron chi connectivity index (χ1n) is 10.4. The maximum atomic E-state index is 12.2. The fraction of sp³-hybridized carbons (Fsp3) is 0.208. The van der Waals surface area contributed by atoms with E-state index in [2.05, 4.69) is 44.8 Å². The zero-order valence-electron chi connectivity index (χ0n) is 17.1. The van der Waals surface area contributed by atoms with Crippen molar-refractivity contribution in [3.63, 3.8) is 0 Å². The summed E-state index contributed by atoms with van der Waals surface area (Å²) in [5.74, 6) is 0.963. The molecule has 1 aromatic carbocycles. The van der Waals surface area contributed by atoms with Gasteiger partial charge in [0.1, 0.15) is 0 Å². The molecule has 154 valence electrons. The third kappa shape index (κ3) is 3.82. The number of amides is 1. The quantitative estimate of drug-likeness (QED) is 0.700. The van der Waals surface area contributed by atoms with Crippen molar-refractivity contribution in [1.29, 1.82) is 0 Å². The molecule has 1 N–H and O–H groups in total. The van der Waals surface area contributed by atoms with Gasteiger partial charge >= 0.3 is 0 Å². The van der Waals surface area contributed by atoms with Crippen LogP contribution in [0.2, 0.25) is 0 Å². The Labute approximate surface area is 179 Å². The van der Waals surface area contributed by atoms with Gasteiger partial charge in [-0.3, -0.25) is 9.79 Å². The number of carbonyl (C=O) groups is 1. The van der Waals surface area contributed by atoms with Gasteiger partial charge in [0.15, 0.2) is 11.5 Å². The van der Waals surface area contributed by atoms with Gasteiger partial charge < -0.3 is 5.32 Å². The van der Waals surface area contributed by atoms with E-state index in [0.29, 0.717) is 24.2 Å². The highest BCUT2D eigenvalue weighted by Crippen LogP contribution is 2.25. The standard InChI is InChI=1S/C24H22N6O/c1-2-25-24(31)19-6-3-5-18(15-19)21-10-11-22-27-28-23(30(22)29-21)14-16-8-9-20-17(13-16)7-4-12-26-20/h3-13,15,17,20H,2,14H2,1H3,(H,25,31). The highest BCUT2D eigenvalue weighted by atomic mass is 16.1. The average molecular weight is 410 g/mol. The Morgan fingerprint density at radius 2 is 2.10 bits per heavy atom. The van der Waals surface area contributed by atoms with E-state index in [9.17, 15) is 4.79 Å². The summed E-state index contributed by atoms with van der Waals surface area (Å²) in [5, 5.41) is 16.2. The van der Waals surface area contributed by atoms with E-state index in [4.69, 9.17) is 5.10 Å². The summed E-state index contributed by atoms with van der Waals surface area (Å²) in [4.78, 5) is 16.7. The summed E-state index contributed by atoms with van der Waals surface area (Å²) in [7, 11) is 0. The van der Waals surface area contributed by atoms with Gasteiger partial charge in [-0.25, -0.2) is 0 Å². The van der Waals surface area contributed by atoms with Crippen LogP contribution in [0.5, 0.6) is 0 Å². The zero-order valence-corrected chi connectivity index (χ0v) is 17.1. The van der Waals surface area contributed by atoms with E-state index in [1.807, 2.05) is 49.5 Å². The number of rotatable bonds is 5. The molecule has 7 heteroatoms. The van der Waals surface area contributed by atoms with Gasteiger partial charge in [-0.15, -0.1) is 10.2 Å². The molecular weight excluding hydrogens is 388 g/mol. The van der Waals surface area contributed by atoms with E-state index >= 15 is 0 Å². The predicted molar refractivity (Wildman–Crippen MR) is 120 cm³/mol. The molecule has 1 aliphatic carbocycles. The van der Waals surface area contributed by atoms with Crippen molar-refractivity contribution in [1.82, 2.24) is 25.1 Å². The maximum absolute atomic E-state index is 12.2. The summed E-state index contributed by atoms with van der Waals surface area (Å²) < 4.78 is 1.78. The highest BCUT2D eigenvalue weighted by Gasteiger charge is 2.20. The SMILES string of the molecule is CCNC(=O)c1cccc(-c2ccc3nnc(CC4=CC5C=CC=NC5C=C4)n3n2)c1. The molecule has 3 heterocycles. The number of dihydropyridines is 1. The Balaban J connectivity index is 1.44. The first kappa shape index (κ1) is 19.1. The number of fused-ring (bicyclic) bond motifs is 2. The maximum Gasteiger partial charge on any atom is 0.251 e. The topological polar surface area (TPSA) is 84.5 Å². The van der Waals surface area contributed by atoms with Gasteiger partial charge in [-0.1, -0.05) is 36.4 Å². The number of aliphatic imine (C=N–C) groups is 1. The molecule has 1 aliphatic heterocycles. The monoisotopic (exact) mass is 410 g/mol. The minimum absolute atomic E-state index is 0.0918. The van der Waals surface area contributed by atoms with Crippen LogP contribution in [0.15, 0.2) is 77.3 Å². The number of nitrogens with zero attached hydrogens (tertiary/aromatic N) is 5. The van der Waals surface area contributed by atoms with Crippen molar-refractivity contribution in [2.24, 2.45) is 10.9 Å². The van der Waals surface area contributed by atoms with Crippen molar-refractivity contribution < 1.29 is 4.79 Å². The number of hydrogen-bond acceptors (Lipinski definition) is 5. The van der Waals surface area contributed by atoms with Crippen LogP contribution < -0.4 is 5.32 Å². The molecule has 5 rings (SSSR count). The molecule has 31 heavy (non-hydrogen) atoms. The van der Waals surface area contributed by atoms with Crippen molar-refractivity contribution >= 4 is 17.8 Å². The molecule has 2 aliphatic rings. The summed E-state index contributed by atoms with van der Waals surface area (Å²) in [6.07, 6.45) is 13.1. The second-order valence-electron chi connectivity index (χ2n) is 7.57. The lowest BCUT2D eigenvalue weighted by molar-refractivity contribution is 0.0956. The smallest absolute Gasteiger partial charge is 0.251 e. The lowest BCUT2D eigenvalue weighted by atomic mass is 9.89. The predicted octanol–water partition coefficient (Wildman–Crippen LogP) is 3.21. The van der Waals surface area contributed by atoms with Gasteiger partial charge in [-0.2, -0.15) is 9.61 Å². The van der Waals surface area contributed by atoms with Gasteiger partial charge in [0.25, 0.3) is 5.91 Å². The fourth-order valence-corrected chi connectivity index (χ4v) is 3.88. The molecule has 1 amide bonds. The van der Waals surface area contributed by atoms with Crippen molar-refractivity contribution in [3.8, 4) is 11.3 Å². The molecule has 0 bridgehead atoms. The van der Waals surface area contributed by atoms with Gasteiger partial charge in [-0.05, 0) is 42.8 Å². The molecule has 0 spiro atoms. The number of carbonyl (C=O) groups excluding carboxylic acids is 1. The Hall–Kier alpha value is -3.87. The number of aromatic nitrogens is 4. The van der Waals surface area contributed by atoms with Crippen LogP contribution >= 0.6 is 0 Å². The van der Waals surface area contributed by atoms with Gasteiger partial charge in [0, 0.05) is 36.2 Å². The molecule has 0 saturated heterocycles. The summed E-state index contributed by atoms with van der Waals surface area (Å²) in [6.45, 7) is 2.49. The number of allylic oxidation sites excluding steroid dienone is 3. The van der Waals surface area contributed by atoms with Crippen LogP contribution in [0.4, 0.5) is 0 Å². The van der Waals surface area contributed by atoms with E-state index in [1.54, 1.807) is 10.6 Å². The third-order valence-electron chi connectivity index (χ3n) is 5.43. The fourth-order valence-electron chi connectivity index (χ4n) is 3.88. The lowest BCUT2D eigenvalue weighted by Crippen LogP contribution is -2.22. The largest absolute Gasteiger partial charge is 0.352 e. The zero-order chi connectivity index (χ0) is 21.2. The van der Waals surface area contributed by atoms with E-state index in [0.717, 1.165) is 17.1 Å². The lowest BCUT2D eigenvalue weighted by Gasteiger charge is -2.22. The van der Waals surface area contributed by atoms with E-state index in [-0.39, 0.29) is 17.9 Å². The number of nitrogens with one attached hydrogen (secondary N) is 1. The first-order chi connectivity index (χ1) is 15.2. The molecule has 7 nitrogen and oxygen atoms in total. The Bertz CT molecular complexity index is 1270. The van der Waals surface area contributed by atoms with Crippen LogP contribution in [-0.4, -0.2) is 44.5 Å². The summed E-state index contributed by atoms with van der Waals surface area (Å²) >= 11 is 0. The normalized spacial score (nSPS) is 19.3. The molecule has 0 radical (unpaired) electrons. The Morgan fingerprint density at radius 3 is 3.00 bits per heavy atom. The van der Waals surface area contributed by atoms with Crippen LogP contribution in [-0.2, 0) is 6.42 Å². The van der Waals surface area contributed by atoms with Crippen molar-refractivity contribution in [2.45, 2.75) is 19.4 Å². The molecule has 0 fully saturated rings. The molecular formula is C24H22N6O. The minimum Gasteiger partial charge on any atom is -0.352 e. The van der Waals surface area contributed by atoms with Crippen LogP contribution in [0, 0.1) is 5.92 Å². The van der Waals surface area contributed by atoms with E-state index in [1.165, 1.54) is 5.57 Å². The first-order valence-corrected chi connectivity index (χ1v) is 10.4. The van der Waals surface area contributed by atoms with E-state index < -0.39 is 0 Å². The second-order valence-corrected chi connectivity index (χ2v) is 7.57.